The molecule has 1 aliphatic heterocycles. The molecule has 5 rings (SSSR count). The van der Waals surface area contributed by atoms with Crippen LogP contribution >= 0.6 is 0 Å². The number of aryl methyl sites for hydroxylation is 1. The molecule has 3 aromatic rings. The van der Waals surface area contributed by atoms with Gasteiger partial charge < -0.3 is 20.1 Å². The van der Waals surface area contributed by atoms with Gasteiger partial charge in [-0.3, -0.25) is 14.3 Å². The SMILES string of the molecule is Cn1cc([C@@H]2C[C@H]2C(=O)Nc2cc(-c3ccc(OC4CCN(C(=O)CO)CC4(F)F)c(C#N)c3)ncn2)cn1. The number of carbonyl (C=O) groups excluding carboxylic acids is 2. The number of benzene rings is 1. The largest absolute Gasteiger partial charge is 0.483 e. The van der Waals surface area contributed by atoms with Crippen molar-refractivity contribution >= 4 is 17.6 Å². The third kappa shape index (κ3) is 5.56. The molecule has 0 spiro atoms. The molecule has 13 heteroatoms. The Morgan fingerprint density at radius 1 is 1.31 bits per heavy atom. The van der Waals surface area contributed by atoms with Gasteiger partial charge in [-0.25, -0.2) is 18.7 Å². The topological polar surface area (TPSA) is 146 Å². The summed E-state index contributed by atoms with van der Waals surface area (Å²) in [4.78, 5) is 33.6. The first-order valence-corrected chi connectivity index (χ1v) is 12.3. The van der Waals surface area contributed by atoms with Crippen molar-refractivity contribution in [2.45, 2.75) is 30.8 Å². The molecular formula is C26H25F2N7O4. The number of amides is 2. The number of likely N-dealkylation sites (tertiary alicyclic amines) is 1. The second-order valence-corrected chi connectivity index (χ2v) is 9.63. The zero-order valence-electron chi connectivity index (χ0n) is 20.9. The molecule has 1 unspecified atom stereocenters. The van der Waals surface area contributed by atoms with Crippen molar-refractivity contribution in [3.63, 3.8) is 0 Å². The van der Waals surface area contributed by atoms with Crippen LogP contribution in [0.1, 0.15) is 29.9 Å². The molecule has 2 fully saturated rings. The molecule has 1 aromatic carbocycles. The highest BCUT2D eigenvalue weighted by atomic mass is 19.3. The van der Waals surface area contributed by atoms with E-state index in [1.54, 1.807) is 23.0 Å². The minimum atomic E-state index is -3.37. The Kier molecular flexibility index (Phi) is 6.96. The molecule has 39 heavy (non-hydrogen) atoms. The van der Waals surface area contributed by atoms with Gasteiger partial charge in [0, 0.05) is 43.8 Å². The van der Waals surface area contributed by atoms with E-state index in [0.29, 0.717) is 17.1 Å². The Balaban J connectivity index is 1.27. The molecule has 2 amide bonds. The summed E-state index contributed by atoms with van der Waals surface area (Å²) in [5.74, 6) is -4.11. The van der Waals surface area contributed by atoms with Gasteiger partial charge in [0.05, 0.1) is 24.0 Å². The summed E-state index contributed by atoms with van der Waals surface area (Å²) >= 11 is 0. The number of hydrogen-bond donors (Lipinski definition) is 2. The van der Waals surface area contributed by atoms with Crippen LogP contribution in [0.5, 0.6) is 5.75 Å². The van der Waals surface area contributed by atoms with E-state index < -0.39 is 31.1 Å². The number of aliphatic hydroxyl groups excluding tert-OH is 1. The predicted octanol–water partition coefficient (Wildman–Crippen LogP) is 2.10. The highest BCUT2D eigenvalue weighted by molar-refractivity contribution is 5.94. The van der Waals surface area contributed by atoms with Crippen molar-refractivity contribution in [3.05, 3.63) is 54.1 Å². The highest BCUT2D eigenvalue weighted by Crippen LogP contribution is 2.47. The lowest BCUT2D eigenvalue weighted by Crippen LogP contribution is -2.55. The first-order chi connectivity index (χ1) is 18.7. The number of nitriles is 1. The second kappa shape index (κ2) is 10.4. The number of carbonyl (C=O) groups is 2. The number of anilines is 1. The molecule has 3 atom stereocenters. The number of alkyl halides is 2. The highest BCUT2D eigenvalue weighted by Gasteiger charge is 2.48. The zero-order valence-corrected chi connectivity index (χ0v) is 20.9. The van der Waals surface area contributed by atoms with Gasteiger partial charge in [0.1, 0.15) is 30.6 Å². The van der Waals surface area contributed by atoms with E-state index in [1.807, 2.05) is 19.3 Å². The van der Waals surface area contributed by atoms with E-state index in [1.165, 1.54) is 18.5 Å². The maximum atomic E-state index is 14.7. The number of aliphatic hydroxyl groups is 1. The zero-order chi connectivity index (χ0) is 27.7. The fraction of sp³-hybridized carbons (Fsp3) is 0.385. The van der Waals surface area contributed by atoms with E-state index in [0.717, 1.165) is 16.9 Å². The number of hydrogen-bond acceptors (Lipinski definition) is 8. The predicted molar refractivity (Wildman–Crippen MR) is 133 cm³/mol. The molecule has 2 aromatic heterocycles. The number of piperidine rings is 1. The molecule has 2 aliphatic rings. The van der Waals surface area contributed by atoms with Crippen molar-refractivity contribution in [1.29, 1.82) is 5.26 Å². The average Bonchev–Trinajstić information content (AvgIpc) is 3.62. The number of aromatic nitrogens is 4. The van der Waals surface area contributed by atoms with Crippen LogP contribution in [0.15, 0.2) is 43.0 Å². The summed E-state index contributed by atoms with van der Waals surface area (Å²) in [6.45, 7) is -1.72. The minimum absolute atomic E-state index is 0.00110. The molecule has 3 heterocycles. The van der Waals surface area contributed by atoms with E-state index in [2.05, 4.69) is 20.4 Å². The van der Waals surface area contributed by atoms with Crippen molar-refractivity contribution in [2.24, 2.45) is 13.0 Å². The molecule has 202 valence electrons. The normalized spacial score (nSPS) is 21.6. The van der Waals surface area contributed by atoms with Crippen molar-refractivity contribution in [2.75, 3.05) is 25.0 Å². The molecule has 0 bridgehead atoms. The summed E-state index contributed by atoms with van der Waals surface area (Å²) in [7, 11) is 1.82. The third-order valence-electron chi connectivity index (χ3n) is 6.89. The number of nitrogens with zero attached hydrogens (tertiary/aromatic N) is 6. The van der Waals surface area contributed by atoms with Gasteiger partial charge in [-0.05, 0) is 36.1 Å². The second-order valence-electron chi connectivity index (χ2n) is 9.63. The van der Waals surface area contributed by atoms with E-state index in [9.17, 15) is 23.6 Å². The van der Waals surface area contributed by atoms with Gasteiger partial charge in [0.15, 0.2) is 6.10 Å². The van der Waals surface area contributed by atoms with Crippen LogP contribution in [-0.4, -0.2) is 73.3 Å². The van der Waals surface area contributed by atoms with Crippen LogP contribution in [0, 0.1) is 17.2 Å². The van der Waals surface area contributed by atoms with E-state index in [-0.39, 0.29) is 42.0 Å². The minimum Gasteiger partial charge on any atom is -0.483 e. The van der Waals surface area contributed by atoms with Crippen LogP contribution in [0.3, 0.4) is 0 Å². The van der Waals surface area contributed by atoms with Gasteiger partial charge in [0.2, 0.25) is 11.8 Å². The van der Waals surface area contributed by atoms with Crippen LogP contribution in [0.4, 0.5) is 14.6 Å². The number of nitrogens with one attached hydrogen (secondary N) is 1. The fourth-order valence-corrected chi connectivity index (χ4v) is 4.70. The lowest BCUT2D eigenvalue weighted by molar-refractivity contribution is -0.161. The quantitative estimate of drug-likeness (QED) is 0.466. The van der Waals surface area contributed by atoms with Crippen LogP contribution in [-0.2, 0) is 16.6 Å². The molecule has 1 saturated carbocycles. The van der Waals surface area contributed by atoms with Gasteiger partial charge in [-0.15, -0.1) is 0 Å². The Hall–Kier alpha value is -4.44. The lowest BCUT2D eigenvalue weighted by Gasteiger charge is -2.38. The first kappa shape index (κ1) is 26.2. The summed E-state index contributed by atoms with van der Waals surface area (Å²) in [5, 5.41) is 25.6. The van der Waals surface area contributed by atoms with Crippen molar-refractivity contribution in [3.8, 4) is 23.1 Å². The molecule has 1 saturated heterocycles. The third-order valence-corrected chi connectivity index (χ3v) is 6.89. The molecule has 2 N–H and O–H groups in total. The van der Waals surface area contributed by atoms with Gasteiger partial charge in [-0.1, -0.05) is 0 Å². The fourth-order valence-electron chi connectivity index (χ4n) is 4.70. The maximum absolute atomic E-state index is 14.7. The van der Waals surface area contributed by atoms with Crippen LogP contribution in [0.25, 0.3) is 11.3 Å². The summed E-state index contributed by atoms with van der Waals surface area (Å²) in [6, 6.07) is 7.99. The first-order valence-electron chi connectivity index (χ1n) is 12.3. The standard InChI is InChI=1S/C26H25F2N7O4/c1-34-11-17(10-32-34)18-7-19(18)25(38)33-23-8-20(30-14-31-23)15-2-3-21(16(6-15)9-29)39-22-4-5-35(24(37)12-36)13-26(22,27)28/h2-3,6,8,10-11,14,18-19,22,36H,4-5,7,12-13H2,1H3,(H,30,31,33,38)/t18-,19+,22?/m0/s1. The van der Waals surface area contributed by atoms with Gasteiger partial charge in [-0.2, -0.15) is 10.4 Å². The lowest BCUT2D eigenvalue weighted by atomic mass is 10.0. The Morgan fingerprint density at radius 3 is 2.82 bits per heavy atom. The Labute approximate surface area is 222 Å². The Morgan fingerprint density at radius 2 is 2.13 bits per heavy atom. The van der Waals surface area contributed by atoms with E-state index >= 15 is 0 Å². The van der Waals surface area contributed by atoms with E-state index in [4.69, 9.17) is 9.84 Å². The summed E-state index contributed by atoms with van der Waals surface area (Å²) < 4.78 is 36.6. The molecule has 11 nitrogen and oxygen atoms in total. The Bertz CT molecular complexity index is 1450. The smallest absolute Gasteiger partial charge is 0.301 e. The number of rotatable bonds is 7. The molecule has 0 radical (unpaired) electrons. The van der Waals surface area contributed by atoms with Crippen molar-refractivity contribution < 1.29 is 28.2 Å². The number of ether oxygens (including phenoxy) is 1. The number of halogens is 2. The maximum Gasteiger partial charge on any atom is 0.301 e. The summed E-state index contributed by atoms with van der Waals surface area (Å²) in [5.41, 5.74) is 1.96. The molecular weight excluding hydrogens is 512 g/mol. The average molecular weight is 538 g/mol. The van der Waals surface area contributed by atoms with Crippen molar-refractivity contribution in [1.82, 2.24) is 24.6 Å². The van der Waals surface area contributed by atoms with Crippen LogP contribution < -0.4 is 10.1 Å². The monoisotopic (exact) mass is 537 g/mol. The van der Waals surface area contributed by atoms with Crippen LogP contribution in [0.2, 0.25) is 0 Å². The summed E-state index contributed by atoms with van der Waals surface area (Å²) in [6.07, 6.45) is 3.94. The molecule has 1 aliphatic carbocycles. The van der Waals surface area contributed by atoms with Gasteiger partial charge >= 0.3 is 5.92 Å². The van der Waals surface area contributed by atoms with Gasteiger partial charge in [0.25, 0.3) is 0 Å².